The molecule has 15 heteroatoms. The number of sulfonamides is 1. The third kappa shape index (κ3) is 5.70. The Labute approximate surface area is 229 Å². The number of hydrogen-bond donors (Lipinski definition) is 1. The number of aromatic nitrogens is 4. The predicted molar refractivity (Wildman–Crippen MR) is 142 cm³/mol. The molecule has 1 aliphatic carbocycles. The topological polar surface area (TPSA) is 122 Å². The summed E-state index contributed by atoms with van der Waals surface area (Å²) in [6.07, 6.45) is 1.28. The van der Waals surface area contributed by atoms with Gasteiger partial charge in [0.1, 0.15) is 10.5 Å². The van der Waals surface area contributed by atoms with Crippen LogP contribution in [0.15, 0.2) is 23.4 Å². The van der Waals surface area contributed by atoms with Gasteiger partial charge < -0.3 is 14.5 Å². The van der Waals surface area contributed by atoms with Crippen molar-refractivity contribution < 1.29 is 26.7 Å². The smallest absolute Gasteiger partial charge is 0.410 e. The van der Waals surface area contributed by atoms with Crippen molar-refractivity contribution in [3.63, 3.8) is 0 Å². The molecular weight excluding hydrogens is 552 g/mol. The summed E-state index contributed by atoms with van der Waals surface area (Å²) in [4.78, 5) is 20.8. The minimum Gasteiger partial charge on any atom is -0.444 e. The first kappa shape index (κ1) is 27.6. The molecule has 0 aromatic carbocycles. The molecule has 1 saturated carbocycles. The van der Waals surface area contributed by atoms with E-state index in [4.69, 9.17) is 4.74 Å². The van der Waals surface area contributed by atoms with Crippen LogP contribution in [-0.2, 0) is 14.8 Å². The highest BCUT2D eigenvalue weighted by molar-refractivity contribution is 7.89. The average molecular weight is 584 g/mol. The second-order valence-corrected chi connectivity index (χ2v) is 14.0. The average Bonchev–Trinajstić information content (AvgIpc) is 3.22. The zero-order chi connectivity index (χ0) is 28.3. The van der Waals surface area contributed by atoms with Crippen LogP contribution in [0.25, 0.3) is 16.3 Å². The van der Waals surface area contributed by atoms with Crippen molar-refractivity contribution in [3.05, 3.63) is 23.5 Å². The van der Waals surface area contributed by atoms with E-state index in [0.717, 1.165) is 12.8 Å². The lowest BCUT2D eigenvalue weighted by Gasteiger charge is -2.41. The monoisotopic (exact) mass is 583 g/mol. The van der Waals surface area contributed by atoms with Gasteiger partial charge in [0.15, 0.2) is 15.8 Å². The number of nitrogens with zero attached hydrogens (tertiary/aromatic N) is 6. The van der Waals surface area contributed by atoms with Crippen LogP contribution < -0.4 is 9.62 Å². The van der Waals surface area contributed by atoms with Gasteiger partial charge in [-0.3, -0.25) is 4.40 Å². The molecule has 1 N–H and O–H groups in total. The van der Waals surface area contributed by atoms with Crippen LogP contribution in [0.5, 0.6) is 0 Å². The van der Waals surface area contributed by atoms with Crippen molar-refractivity contribution in [1.29, 1.82) is 0 Å². The van der Waals surface area contributed by atoms with Crippen molar-refractivity contribution >= 4 is 38.7 Å². The molecule has 0 spiro atoms. The fourth-order valence-corrected chi connectivity index (χ4v) is 6.64. The first-order valence-electron chi connectivity index (χ1n) is 12.6. The van der Waals surface area contributed by atoms with E-state index in [2.05, 4.69) is 19.9 Å². The fraction of sp³-hybridized carbons (Fsp3) is 0.583. The molecule has 39 heavy (non-hydrogen) atoms. The number of piperazine rings is 1. The lowest BCUT2D eigenvalue weighted by Crippen LogP contribution is -2.55. The summed E-state index contributed by atoms with van der Waals surface area (Å²) in [7, 11) is -3.91. The van der Waals surface area contributed by atoms with Gasteiger partial charge in [0, 0.05) is 37.4 Å². The number of anilines is 1. The summed E-state index contributed by atoms with van der Waals surface area (Å²) < 4.78 is 63.1. The maximum absolute atomic E-state index is 13.4. The molecule has 2 aliphatic rings. The molecule has 0 unspecified atom stereocenters. The number of alkyl halides is 2. The van der Waals surface area contributed by atoms with E-state index >= 15 is 0 Å². The van der Waals surface area contributed by atoms with Crippen molar-refractivity contribution in [2.45, 2.75) is 76.0 Å². The van der Waals surface area contributed by atoms with Crippen LogP contribution >= 0.6 is 11.3 Å². The zero-order valence-electron chi connectivity index (χ0n) is 22.3. The number of ether oxygens (including phenoxy) is 1. The molecule has 3 aromatic heterocycles. The van der Waals surface area contributed by atoms with Gasteiger partial charge in [0.25, 0.3) is 6.43 Å². The molecule has 5 rings (SSSR count). The van der Waals surface area contributed by atoms with E-state index < -0.39 is 38.7 Å². The number of rotatable bonds is 6. The number of hydrogen-bond acceptors (Lipinski definition) is 9. The summed E-state index contributed by atoms with van der Waals surface area (Å²) in [6.45, 7) is 10.4. The Morgan fingerprint density at radius 3 is 2.56 bits per heavy atom. The maximum Gasteiger partial charge on any atom is 0.410 e. The lowest BCUT2D eigenvalue weighted by molar-refractivity contribution is 0.0159. The van der Waals surface area contributed by atoms with Crippen molar-refractivity contribution in [1.82, 2.24) is 29.2 Å². The number of fused-ring (bicyclic) bond motifs is 1. The van der Waals surface area contributed by atoms with Gasteiger partial charge in [-0.2, -0.15) is 0 Å². The van der Waals surface area contributed by atoms with Gasteiger partial charge in [-0.05, 0) is 53.5 Å². The maximum atomic E-state index is 13.4. The standard InChI is InChI=1S/C24H31F2N7O4S2/c1-14-12-31(8-9-32(14)22(34)37-23(2,3)4)16-10-15(39(35,36)30-24(5)6-7-24)13-33-17(16)11-27-19(33)21-29-28-20(38-21)18(25)26/h10-11,13-14,18,30H,6-9,12H2,1-5H3/t14-/m1/s1. The van der Waals surface area contributed by atoms with Gasteiger partial charge in [0.2, 0.25) is 10.0 Å². The van der Waals surface area contributed by atoms with Crippen LogP contribution in [0.2, 0.25) is 0 Å². The van der Waals surface area contributed by atoms with E-state index in [1.807, 2.05) is 39.5 Å². The normalized spacial score (nSPS) is 19.6. The van der Waals surface area contributed by atoms with Gasteiger partial charge >= 0.3 is 6.09 Å². The molecule has 1 aliphatic heterocycles. The van der Waals surface area contributed by atoms with E-state index in [1.165, 1.54) is 6.20 Å². The molecule has 2 fully saturated rings. The highest BCUT2D eigenvalue weighted by Crippen LogP contribution is 2.38. The van der Waals surface area contributed by atoms with Gasteiger partial charge in [-0.25, -0.2) is 31.7 Å². The number of pyridine rings is 1. The van der Waals surface area contributed by atoms with Crippen LogP contribution in [-0.4, -0.2) is 75.8 Å². The Kier molecular flexibility index (Phi) is 6.82. The number of carbonyl (C=O) groups is 1. The second kappa shape index (κ2) is 9.63. The lowest BCUT2D eigenvalue weighted by atomic mass is 10.1. The quantitative estimate of drug-likeness (QED) is 0.461. The highest BCUT2D eigenvalue weighted by atomic mass is 32.2. The van der Waals surface area contributed by atoms with Crippen LogP contribution in [0, 0.1) is 0 Å². The fourth-order valence-electron chi connectivity index (χ4n) is 4.47. The summed E-state index contributed by atoms with van der Waals surface area (Å²) in [5, 5.41) is 7.13. The first-order chi connectivity index (χ1) is 18.2. The van der Waals surface area contributed by atoms with E-state index in [-0.39, 0.29) is 21.8 Å². The first-order valence-corrected chi connectivity index (χ1v) is 14.9. The van der Waals surface area contributed by atoms with Crippen molar-refractivity contribution in [3.8, 4) is 10.8 Å². The number of carbonyl (C=O) groups excluding carboxylic acids is 1. The zero-order valence-corrected chi connectivity index (χ0v) is 23.9. The van der Waals surface area contributed by atoms with Gasteiger partial charge in [-0.1, -0.05) is 11.3 Å². The molecule has 1 amide bonds. The third-order valence-corrected chi connectivity index (χ3v) is 9.23. The van der Waals surface area contributed by atoms with Crippen molar-refractivity contribution in [2.24, 2.45) is 0 Å². The van der Waals surface area contributed by atoms with Gasteiger partial charge in [0.05, 0.1) is 17.4 Å². The minimum absolute atomic E-state index is 0.0122. The van der Waals surface area contributed by atoms with Crippen LogP contribution in [0.4, 0.5) is 19.3 Å². The van der Waals surface area contributed by atoms with Crippen LogP contribution in [0.3, 0.4) is 0 Å². The van der Waals surface area contributed by atoms with Gasteiger partial charge in [-0.15, -0.1) is 10.2 Å². The second-order valence-electron chi connectivity index (χ2n) is 11.3. The van der Waals surface area contributed by atoms with E-state index in [1.54, 1.807) is 21.6 Å². The largest absolute Gasteiger partial charge is 0.444 e. The molecule has 1 saturated heterocycles. The molecule has 212 valence electrons. The Morgan fingerprint density at radius 2 is 1.97 bits per heavy atom. The van der Waals surface area contributed by atoms with E-state index in [0.29, 0.717) is 42.2 Å². The Bertz CT molecular complexity index is 1510. The third-order valence-electron chi connectivity index (χ3n) is 6.70. The Morgan fingerprint density at radius 1 is 1.26 bits per heavy atom. The summed E-state index contributed by atoms with van der Waals surface area (Å²) >= 11 is 0.704. The molecule has 0 bridgehead atoms. The van der Waals surface area contributed by atoms with Crippen LogP contribution in [0.1, 0.15) is 58.9 Å². The molecule has 11 nitrogen and oxygen atoms in total. The summed E-state index contributed by atoms with van der Waals surface area (Å²) in [5.41, 5.74) is 0.0433. The predicted octanol–water partition coefficient (Wildman–Crippen LogP) is 4.07. The minimum atomic E-state index is -3.91. The number of halogens is 2. The highest BCUT2D eigenvalue weighted by Gasteiger charge is 2.42. The summed E-state index contributed by atoms with van der Waals surface area (Å²) in [5.74, 6) is 0.214. The SMILES string of the molecule is C[C@@H]1CN(c2cc(S(=O)(=O)NC3(C)CC3)cn3c(-c4nnc(C(F)F)s4)ncc23)CCN1C(=O)OC(C)(C)C. The number of imidazole rings is 1. The molecule has 3 aromatic rings. The number of nitrogens with one attached hydrogen (secondary N) is 1. The molecular formula is C24H31F2N7O4S2. The Balaban J connectivity index is 1.54. The molecule has 0 radical (unpaired) electrons. The molecule has 4 heterocycles. The summed E-state index contributed by atoms with van der Waals surface area (Å²) in [6, 6.07) is 1.37. The number of amides is 1. The molecule has 1 atom stereocenters. The van der Waals surface area contributed by atoms with Crippen molar-refractivity contribution in [2.75, 3.05) is 24.5 Å². The van der Waals surface area contributed by atoms with E-state index in [9.17, 15) is 22.0 Å². The Hall–Kier alpha value is -2.91.